The topological polar surface area (TPSA) is 21.3 Å². The molecule has 0 aromatic rings. The zero-order valence-corrected chi connectivity index (χ0v) is 12.1. The maximum atomic E-state index is 5.75. The van der Waals surface area contributed by atoms with E-state index < -0.39 is 0 Å². The standard InChI is InChI=1S/C14H29NO/c1-8-16-12-9-11(14(12,6)7)15-10(2)13(3,4)5/h10-12,15H,8-9H2,1-7H3. The molecule has 0 heterocycles. The molecule has 1 aliphatic rings. The molecular formula is C14H29NO. The van der Waals surface area contributed by atoms with Gasteiger partial charge >= 0.3 is 0 Å². The van der Waals surface area contributed by atoms with Crippen LogP contribution in [-0.4, -0.2) is 24.8 Å². The Morgan fingerprint density at radius 1 is 1.38 bits per heavy atom. The van der Waals surface area contributed by atoms with Crippen LogP contribution in [0.5, 0.6) is 0 Å². The molecule has 2 nitrogen and oxygen atoms in total. The van der Waals surface area contributed by atoms with Gasteiger partial charge in [-0.15, -0.1) is 0 Å². The molecule has 0 radical (unpaired) electrons. The Kier molecular flexibility index (Phi) is 4.07. The van der Waals surface area contributed by atoms with Gasteiger partial charge in [-0.25, -0.2) is 0 Å². The predicted octanol–water partition coefficient (Wildman–Crippen LogP) is 3.21. The molecule has 1 fully saturated rings. The number of hydrogen-bond donors (Lipinski definition) is 1. The van der Waals surface area contributed by atoms with Crippen molar-refractivity contribution in [3.8, 4) is 0 Å². The quantitative estimate of drug-likeness (QED) is 0.796. The van der Waals surface area contributed by atoms with E-state index in [1.54, 1.807) is 0 Å². The highest BCUT2D eigenvalue weighted by Gasteiger charge is 2.49. The van der Waals surface area contributed by atoms with Gasteiger partial charge in [-0.3, -0.25) is 0 Å². The smallest absolute Gasteiger partial charge is 0.0655 e. The molecule has 1 aliphatic carbocycles. The summed E-state index contributed by atoms with van der Waals surface area (Å²) in [4.78, 5) is 0. The van der Waals surface area contributed by atoms with E-state index in [0.717, 1.165) is 13.0 Å². The highest BCUT2D eigenvalue weighted by Crippen LogP contribution is 2.43. The first-order valence-corrected chi connectivity index (χ1v) is 6.57. The van der Waals surface area contributed by atoms with Crippen LogP contribution in [0.1, 0.15) is 54.9 Å². The van der Waals surface area contributed by atoms with Crippen molar-refractivity contribution >= 4 is 0 Å². The molecule has 3 atom stereocenters. The number of ether oxygens (including phenoxy) is 1. The molecule has 0 bridgehead atoms. The second kappa shape index (κ2) is 4.66. The lowest BCUT2D eigenvalue weighted by molar-refractivity contribution is -0.118. The maximum absolute atomic E-state index is 5.75. The molecule has 0 aromatic heterocycles. The van der Waals surface area contributed by atoms with Crippen LogP contribution in [0.2, 0.25) is 0 Å². The maximum Gasteiger partial charge on any atom is 0.0655 e. The Bertz CT molecular complexity index is 229. The second-order valence-corrected chi connectivity index (χ2v) is 6.81. The van der Waals surface area contributed by atoms with Crippen molar-refractivity contribution in [3.05, 3.63) is 0 Å². The van der Waals surface area contributed by atoms with Gasteiger partial charge in [0.25, 0.3) is 0 Å². The normalized spacial score (nSPS) is 30.9. The Hall–Kier alpha value is -0.0800. The van der Waals surface area contributed by atoms with Crippen molar-refractivity contribution in [2.45, 2.75) is 73.1 Å². The molecule has 96 valence electrons. The molecule has 2 heteroatoms. The van der Waals surface area contributed by atoms with Crippen LogP contribution in [-0.2, 0) is 4.74 Å². The Labute approximate surface area is 101 Å². The third-order valence-electron chi connectivity index (χ3n) is 4.30. The minimum Gasteiger partial charge on any atom is -0.378 e. The second-order valence-electron chi connectivity index (χ2n) is 6.81. The Balaban J connectivity index is 2.48. The summed E-state index contributed by atoms with van der Waals surface area (Å²) in [5, 5.41) is 3.75. The molecule has 1 N–H and O–H groups in total. The van der Waals surface area contributed by atoms with Crippen LogP contribution < -0.4 is 5.32 Å². The van der Waals surface area contributed by atoms with E-state index in [1.807, 2.05) is 0 Å². The summed E-state index contributed by atoms with van der Waals surface area (Å²) in [6.45, 7) is 16.7. The predicted molar refractivity (Wildman–Crippen MR) is 69.7 cm³/mol. The molecule has 1 rings (SSSR count). The SMILES string of the molecule is CCOC1CC(NC(C)C(C)(C)C)C1(C)C. The molecule has 3 unspecified atom stereocenters. The van der Waals surface area contributed by atoms with Crippen LogP contribution >= 0.6 is 0 Å². The summed E-state index contributed by atoms with van der Waals surface area (Å²) in [6.07, 6.45) is 1.59. The fourth-order valence-electron chi connectivity index (χ4n) is 2.20. The van der Waals surface area contributed by atoms with Crippen molar-refractivity contribution in [1.82, 2.24) is 5.32 Å². The molecule has 0 aromatic carbocycles. The average molecular weight is 227 g/mol. The van der Waals surface area contributed by atoms with Gasteiger partial charge in [0.1, 0.15) is 0 Å². The Morgan fingerprint density at radius 2 is 1.94 bits per heavy atom. The fourth-order valence-corrected chi connectivity index (χ4v) is 2.20. The zero-order valence-electron chi connectivity index (χ0n) is 12.1. The minimum absolute atomic E-state index is 0.273. The lowest BCUT2D eigenvalue weighted by Gasteiger charge is -2.53. The van der Waals surface area contributed by atoms with Crippen LogP contribution in [0.3, 0.4) is 0 Å². The molecule has 0 saturated heterocycles. The number of rotatable bonds is 4. The monoisotopic (exact) mass is 227 g/mol. The largest absolute Gasteiger partial charge is 0.378 e. The molecule has 0 amide bonds. The number of hydrogen-bond acceptors (Lipinski definition) is 2. The highest BCUT2D eigenvalue weighted by molar-refractivity contribution is 5.04. The van der Waals surface area contributed by atoms with Crippen LogP contribution in [0.25, 0.3) is 0 Å². The van der Waals surface area contributed by atoms with Gasteiger partial charge in [0.15, 0.2) is 0 Å². The molecule has 0 spiro atoms. The number of nitrogens with one attached hydrogen (secondary N) is 1. The third kappa shape index (κ3) is 2.78. The van der Waals surface area contributed by atoms with Gasteiger partial charge in [-0.2, -0.15) is 0 Å². The van der Waals surface area contributed by atoms with E-state index >= 15 is 0 Å². The summed E-state index contributed by atoms with van der Waals surface area (Å²) >= 11 is 0. The average Bonchev–Trinajstić information content (AvgIpc) is 2.14. The fraction of sp³-hybridized carbons (Fsp3) is 1.00. The van der Waals surface area contributed by atoms with E-state index in [4.69, 9.17) is 4.74 Å². The first kappa shape index (κ1) is 14.0. The van der Waals surface area contributed by atoms with Crippen molar-refractivity contribution in [2.75, 3.05) is 6.61 Å². The zero-order chi connectivity index (χ0) is 12.6. The summed E-state index contributed by atoms with van der Waals surface area (Å²) in [5.41, 5.74) is 0.600. The van der Waals surface area contributed by atoms with Gasteiger partial charge in [-0.1, -0.05) is 34.6 Å². The van der Waals surface area contributed by atoms with E-state index in [1.165, 1.54) is 0 Å². The Morgan fingerprint density at radius 3 is 2.31 bits per heavy atom. The lowest BCUT2D eigenvalue weighted by Crippen LogP contribution is -2.63. The van der Waals surface area contributed by atoms with Crippen molar-refractivity contribution in [2.24, 2.45) is 10.8 Å². The van der Waals surface area contributed by atoms with Gasteiger partial charge < -0.3 is 10.1 Å². The van der Waals surface area contributed by atoms with E-state index in [2.05, 4.69) is 53.8 Å². The van der Waals surface area contributed by atoms with Crippen LogP contribution in [0, 0.1) is 10.8 Å². The van der Waals surface area contributed by atoms with Gasteiger partial charge in [0.2, 0.25) is 0 Å². The van der Waals surface area contributed by atoms with Crippen LogP contribution in [0.15, 0.2) is 0 Å². The van der Waals surface area contributed by atoms with Crippen molar-refractivity contribution in [1.29, 1.82) is 0 Å². The van der Waals surface area contributed by atoms with E-state index in [0.29, 0.717) is 23.6 Å². The first-order valence-electron chi connectivity index (χ1n) is 6.57. The van der Waals surface area contributed by atoms with Gasteiger partial charge in [0, 0.05) is 24.1 Å². The third-order valence-corrected chi connectivity index (χ3v) is 4.30. The lowest BCUT2D eigenvalue weighted by atomic mass is 9.64. The molecular weight excluding hydrogens is 198 g/mol. The summed E-state index contributed by atoms with van der Waals surface area (Å²) in [5.74, 6) is 0. The highest BCUT2D eigenvalue weighted by atomic mass is 16.5. The summed E-state index contributed by atoms with van der Waals surface area (Å²) in [6, 6.07) is 1.14. The molecule has 16 heavy (non-hydrogen) atoms. The minimum atomic E-state index is 0.273. The molecule has 0 aliphatic heterocycles. The van der Waals surface area contributed by atoms with Crippen molar-refractivity contribution in [3.63, 3.8) is 0 Å². The van der Waals surface area contributed by atoms with Gasteiger partial charge in [0.05, 0.1) is 6.10 Å². The summed E-state index contributed by atoms with van der Waals surface area (Å²) in [7, 11) is 0. The van der Waals surface area contributed by atoms with Crippen molar-refractivity contribution < 1.29 is 4.74 Å². The van der Waals surface area contributed by atoms with E-state index in [9.17, 15) is 0 Å². The first-order chi connectivity index (χ1) is 7.19. The molecule has 1 saturated carbocycles. The van der Waals surface area contributed by atoms with Gasteiger partial charge in [-0.05, 0) is 25.7 Å². The van der Waals surface area contributed by atoms with Crippen LogP contribution in [0.4, 0.5) is 0 Å². The van der Waals surface area contributed by atoms with E-state index in [-0.39, 0.29) is 5.41 Å². The summed E-state index contributed by atoms with van der Waals surface area (Å²) < 4.78 is 5.75.